The molecule has 0 aliphatic carbocycles. The van der Waals surface area contributed by atoms with E-state index in [0.29, 0.717) is 6.54 Å². The third kappa shape index (κ3) is 3.08. The second-order valence-electron chi connectivity index (χ2n) is 4.78. The van der Waals surface area contributed by atoms with Crippen molar-refractivity contribution in [2.75, 3.05) is 6.54 Å². The third-order valence-corrected chi connectivity index (χ3v) is 3.25. The molecule has 0 radical (unpaired) electrons. The van der Waals surface area contributed by atoms with Crippen LogP contribution in [0.25, 0.3) is 0 Å². The van der Waals surface area contributed by atoms with Gasteiger partial charge < -0.3 is 5.32 Å². The van der Waals surface area contributed by atoms with Crippen LogP contribution in [-0.2, 0) is 0 Å². The van der Waals surface area contributed by atoms with Gasteiger partial charge in [0.2, 0.25) is 0 Å². The zero-order chi connectivity index (χ0) is 15.6. The highest BCUT2D eigenvalue weighted by molar-refractivity contribution is 5.36. The summed E-state index contributed by atoms with van der Waals surface area (Å²) in [7, 11) is 0. The Balaban J connectivity index is 2.59. The number of benzene rings is 2. The molecule has 0 saturated carbocycles. The lowest BCUT2D eigenvalue weighted by atomic mass is 9.96. The molecule has 1 nitrogen and oxygen atoms in total. The second-order valence-corrected chi connectivity index (χ2v) is 4.78. The highest BCUT2D eigenvalue weighted by atomic mass is 19.2. The monoisotopic (exact) mass is 297 g/mol. The molecule has 0 bridgehead atoms. The van der Waals surface area contributed by atoms with Crippen molar-refractivity contribution in [2.24, 2.45) is 0 Å². The molecule has 1 unspecified atom stereocenters. The molecule has 0 aliphatic heterocycles. The van der Waals surface area contributed by atoms with Crippen LogP contribution in [0.5, 0.6) is 0 Å². The van der Waals surface area contributed by atoms with E-state index < -0.39 is 29.3 Å². The average Bonchev–Trinajstić information content (AvgIpc) is 2.46. The van der Waals surface area contributed by atoms with Gasteiger partial charge in [-0.25, -0.2) is 17.6 Å². The first kappa shape index (κ1) is 15.5. The number of hydrogen-bond acceptors (Lipinski definition) is 1. The van der Waals surface area contributed by atoms with Gasteiger partial charge in [-0.15, -0.1) is 0 Å². The van der Waals surface area contributed by atoms with E-state index >= 15 is 0 Å². The molecular formula is C16H15F4N. The van der Waals surface area contributed by atoms with E-state index in [1.54, 1.807) is 26.0 Å². The van der Waals surface area contributed by atoms with Crippen molar-refractivity contribution in [1.29, 1.82) is 0 Å². The van der Waals surface area contributed by atoms with E-state index in [2.05, 4.69) is 5.32 Å². The van der Waals surface area contributed by atoms with E-state index in [-0.39, 0.29) is 11.1 Å². The number of aryl methyl sites for hydroxylation is 1. The van der Waals surface area contributed by atoms with Crippen molar-refractivity contribution in [1.82, 2.24) is 5.32 Å². The van der Waals surface area contributed by atoms with Gasteiger partial charge in [-0.05, 0) is 25.6 Å². The largest absolute Gasteiger partial charge is 0.306 e. The lowest BCUT2D eigenvalue weighted by molar-refractivity contribution is 0.431. The van der Waals surface area contributed by atoms with Crippen molar-refractivity contribution in [3.8, 4) is 0 Å². The topological polar surface area (TPSA) is 12.0 Å². The molecule has 0 saturated heterocycles. The number of nitrogens with one attached hydrogen (secondary N) is 1. The van der Waals surface area contributed by atoms with Crippen molar-refractivity contribution in [3.63, 3.8) is 0 Å². The fourth-order valence-electron chi connectivity index (χ4n) is 2.24. The Bertz CT molecular complexity index is 655. The predicted octanol–water partition coefficient (Wildman–Crippen LogP) is 4.25. The lowest BCUT2D eigenvalue weighted by Gasteiger charge is -2.21. The Labute approximate surface area is 120 Å². The van der Waals surface area contributed by atoms with Crippen LogP contribution in [0, 0.1) is 30.2 Å². The standard InChI is InChI=1S/C16H15F4N/c1-3-21-16(11-8-9(2)4-6-12(11)17)10-5-7-13(18)15(20)14(10)19/h4-8,16,21H,3H2,1-2H3. The Morgan fingerprint density at radius 3 is 2.24 bits per heavy atom. The molecule has 0 fully saturated rings. The summed E-state index contributed by atoms with van der Waals surface area (Å²) in [5.74, 6) is -4.66. The third-order valence-electron chi connectivity index (χ3n) is 3.25. The van der Waals surface area contributed by atoms with Gasteiger partial charge >= 0.3 is 0 Å². The summed E-state index contributed by atoms with van der Waals surface area (Å²) in [5, 5.41) is 2.90. The van der Waals surface area contributed by atoms with Gasteiger partial charge in [0.25, 0.3) is 0 Å². The van der Waals surface area contributed by atoms with Gasteiger partial charge in [0.1, 0.15) is 5.82 Å². The van der Waals surface area contributed by atoms with Crippen LogP contribution in [0.4, 0.5) is 17.6 Å². The average molecular weight is 297 g/mol. The van der Waals surface area contributed by atoms with Gasteiger partial charge in [-0.2, -0.15) is 0 Å². The van der Waals surface area contributed by atoms with Crippen LogP contribution in [-0.4, -0.2) is 6.54 Å². The van der Waals surface area contributed by atoms with Crippen LogP contribution >= 0.6 is 0 Å². The number of rotatable bonds is 4. The van der Waals surface area contributed by atoms with Crippen molar-refractivity contribution >= 4 is 0 Å². The molecule has 2 aromatic rings. The first-order valence-corrected chi connectivity index (χ1v) is 6.58. The Morgan fingerprint density at radius 2 is 1.57 bits per heavy atom. The van der Waals surface area contributed by atoms with Crippen LogP contribution < -0.4 is 5.32 Å². The number of hydrogen-bond donors (Lipinski definition) is 1. The molecule has 21 heavy (non-hydrogen) atoms. The molecule has 1 atom stereocenters. The van der Waals surface area contributed by atoms with E-state index in [1.807, 2.05) is 0 Å². The summed E-state index contributed by atoms with van der Waals surface area (Å²) in [6, 6.07) is 5.50. The quantitative estimate of drug-likeness (QED) is 0.657. The van der Waals surface area contributed by atoms with E-state index in [1.165, 1.54) is 6.07 Å². The van der Waals surface area contributed by atoms with Crippen LogP contribution in [0.15, 0.2) is 30.3 Å². The minimum Gasteiger partial charge on any atom is -0.306 e. The van der Waals surface area contributed by atoms with E-state index in [4.69, 9.17) is 0 Å². The van der Waals surface area contributed by atoms with Crippen LogP contribution in [0.1, 0.15) is 29.7 Å². The first-order chi connectivity index (χ1) is 9.95. The normalized spacial score (nSPS) is 12.5. The molecule has 0 aromatic heterocycles. The fraction of sp³-hybridized carbons (Fsp3) is 0.250. The van der Waals surface area contributed by atoms with Crippen LogP contribution in [0.3, 0.4) is 0 Å². The van der Waals surface area contributed by atoms with Crippen molar-refractivity contribution in [2.45, 2.75) is 19.9 Å². The molecule has 2 rings (SSSR count). The minimum atomic E-state index is -1.55. The fourth-order valence-corrected chi connectivity index (χ4v) is 2.24. The molecule has 0 aliphatic rings. The van der Waals surface area contributed by atoms with Gasteiger partial charge in [-0.1, -0.05) is 30.7 Å². The lowest BCUT2D eigenvalue weighted by Crippen LogP contribution is -2.24. The summed E-state index contributed by atoms with van der Waals surface area (Å²) >= 11 is 0. The summed E-state index contributed by atoms with van der Waals surface area (Å²) in [6.45, 7) is 3.95. The van der Waals surface area contributed by atoms with E-state index in [0.717, 1.165) is 17.7 Å². The van der Waals surface area contributed by atoms with Gasteiger partial charge in [0.05, 0.1) is 6.04 Å². The summed E-state index contributed by atoms with van der Waals surface area (Å²) < 4.78 is 54.4. The second kappa shape index (κ2) is 6.26. The van der Waals surface area contributed by atoms with Crippen molar-refractivity contribution < 1.29 is 17.6 Å². The highest BCUT2D eigenvalue weighted by Gasteiger charge is 2.24. The summed E-state index contributed by atoms with van der Waals surface area (Å²) in [5.41, 5.74) is 0.860. The van der Waals surface area contributed by atoms with Crippen LogP contribution in [0.2, 0.25) is 0 Å². The SMILES string of the molecule is CCNC(c1cc(C)ccc1F)c1ccc(F)c(F)c1F. The molecule has 5 heteroatoms. The Hall–Kier alpha value is -1.88. The smallest absolute Gasteiger partial charge is 0.194 e. The molecule has 0 heterocycles. The zero-order valence-electron chi connectivity index (χ0n) is 11.7. The van der Waals surface area contributed by atoms with Gasteiger partial charge in [-0.3, -0.25) is 0 Å². The zero-order valence-corrected chi connectivity index (χ0v) is 11.7. The molecule has 1 N–H and O–H groups in total. The highest BCUT2D eigenvalue weighted by Crippen LogP contribution is 2.29. The molecule has 0 amide bonds. The van der Waals surface area contributed by atoms with Crippen molar-refractivity contribution in [3.05, 3.63) is 70.3 Å². The number of halogens is 4. The Kier molecular flexibility index (Phi) is 4.63. The van der Waals surface area contributed by atoms with Gasteiger partial charge in [0.15, 0.2) is 17.5 Å². The maximum Gasteiger partial charge on any atom is 0.194 e. The summed E-state index contributed by atoms with van der Waals surface area (Å²) in [6.07, 6.45) is 0. The maximum atomic E-state index is 14.0. The Morgan fingerprint density at radius 1 is 0.905 bits per heavy atom. The molecular weight excluding hydrogens is 282 g/mol. The van der Waals surface area contributed by atoms with E-state index in [9.17, 15) is 17.6 Å². The maximum absolute atomic E-state index is 14.0. The molecule has 112 valence electrons. The molecule has 2 aromatic carbocycles. The minimum absolute atomic E-state index is 0.125. The van der Waals surface area contributed by atoms with Gasteiger partial charge in [0, 0.05) is 11.1 Å². The first-order valence-electron chi connectivity index (χ1n) is 6.58. The molecule has 0 spiro atoms. The summed E-state index contributed by atoms with van der Waals surface area (Å²) in [4.78, 5) is 0. The predicted molar refractivity (Wildman–Crippen MR) is 73.0 cm³/mol.